The number of nitrogens with zero attached hydrogens (tertiary/aromatic N) is 1. The Morgan fingerprint density at radius 1 is 1.65 bits per heavy atom. The lowest BCUT2D eigenvalue weighted by Crippen LogP contribution is -2.37. The first kappa shape index (κ1) is 12.5. The number of piperidine rings is 1. The van der Waals surface area contributed by atoms with Crippen molar-refractivity contribution < 1.29 is 4.79 Å². The third kappa shape index (κ3) is 3.04. The summed E-state index contributed by atoms with van der Waals surface area (Å²) in [5.41, 5.74) is 1.09. The molecule has 0 aromatic carbocycles. The van der Waals surface area contributed by atoms with Gasteiger partial charge < -0.3 is 10.6 Å². The summed E-state index contributed by atoms with van der Waals surface area (Å²) in [4.78, 5) is 17.6. The van der Waals surface area contributed by atoms with Gasteiger partial charge in [0.25, 0.3) is 0 Å². The second kappa shape index (κ2) is 5.60. The molecular weight excluding hydrogens is 234 g/mol. The van der Waals surface area contributed by atoms with Crippen LogP contribution in [0.5, 0.6) is 0 Å². The van der Waals surface area contributed by atoms with Crippen LogP contribution in [0, 0.1) is 12.8 Å². The van der Waals surface area contributed by atoms with Crippen molar-refractivity contribution in [2.24, 2.45) is 5.92 Å². The first-order chi connectivity index (χ1) is 8.20. The molecule has 2 rings (SSSR count). The lowest BCUT2D eigenvalue weighted by atomic mass is 9.99. The molecule has 2 N–H and O–H groups in total. The zero-order chi connectivity index (χ0) is 12.3. The molecule has 1 atom stereocenters. The Morgan fingerprint density at radius 2 is 2.47 bits per heavy atom. The zero-order valence-electron chi connectivity index (χ0n) is 10.4. The van der Waals surface area contributed by atoms with Crippen molar-refractivity contribution in [2.45, 2.75) is 33.1 Å². The number of amides is 1. The maximum atomic E-state index is 12.0. The Morgan fingerprint density at radius 3 is 3.06 bits per heavy atom. The second-order valence-electron chi connectivity index (χ2n) is 4.41. The standard InChI is InChI=1S/C12H19N3OS/c1-3-10-8(2)17-12(14-10)15-11(16)9-5-4-6-13-7-9/h9,13H,3-7H2,1-2H3,(H,14,15,16)/t9-/m1/s1. The molecule has 1 aromatic rings. The molecule has 0 unspecified atom stereocenters. The van der Waals surface area contributed by atoms with E-state index in [9.17, 15) is 4.79 Å². The largest absolute Gasteiger partial charge is 0.316 e. The first-order valence-electron chi connectivity index (χ1n) is 6.18. The van der Waals surface area contributed by atoms with Crippen molar-refractivity contribution in [1.82, 2.24) is 10.3 Å². The fourth-order valence-electron chi connectivity index (χ4n) is 2.09. The first-order valence-corrected chi connectivity index (χ1v) is 7.00. The van der Waals surface area contributed by atoms with Crippen molar-refractivity contribution in [2.75, 3.05) is 18.4 Å². The van der Waals surface area contributed by atoms with Crippen LogP contribution in [-0.2, 0) is 11.2 Å². The highest BCUT2D eigenvalue weighted by molar-refractivity contribution is 7.15. The molecule has 1 aromatic heterocycles. The quantitative estimate of drug-likeness (QED) is 0.865. The summed E-state index contributed by atoms with van der Waals surface area (Å²) in [6.07, 6.45) is 2.97. The number of rotatable bonds is 3. The van der Waals surface area contributed by atoms with Gasteiger partial charge in [-0.1, -0.05) is 6.92 Å². The summed E-state index contributed by atoms with van der Waals surface area (Å²) >= 11 is 1.57. The Bertz CT molecular complexity index is 396. The monoisotopic (exact) mass is 253 g/mol. The SMILES string of the molecule is CCc1nc(NC(=O)[C@@H]2CCCNC2)sc1C. The van der Waals surface area contributed by atoms with Gasteiger partial charge in [-0.05, 0) is 32.7 Å². The number of aryl methyl sites for hydroxylation is 2. The molecule has 0 spiro atoms. The molecule has 4 nitrogen and oxygen atoms in total. The van der Waals surface area contributed by atoms with Gasteiger partial charge in [0.05, 0.1) is 11.6 Å². The average Bonchev–Trinajstić information content (AvgIpc) is 2.70. The number of hydrogen-bond acceptors (Lipinski definition) is 4. The zero-order valence-corrected chi connectivity index (χ0v) is 11.2. The molecule has 1 fully saturated rings. The highest BCUT2D eigenvalue weighted by Gasteiger charge is 2.21. The summed E-state index contributed by atoms with van der Waals surface area (Å²) in [7, 11) is 0. The van der Waals surface area contributed by atoms with Crippen LogP contribution in [0.2, 0.25) is 0 Å². The predicted molar refractivity (Wildman–Crippen MR) is 70.5 cm³/mol. The van der Waals surface area contributed by atoms with Gasteiger partial charge in [0.15, 0.2) is 5.13 Å². The Labute approximate surface area is 106 Å². The van der Waals surface area contributed by atoms with Crippen molar-refractivity contribution in [3.63, 3.8) is 0 Å². The van der Waals surface area contributed by atoms with Crippen LogP contribution in [0.25, 0.3) is 0 Å². The summed E-state index contributed by atoms with van der Waals surface area (Å²) in [6, 6.07) is 0. The van der Waals surface area contributed by atoms with E-state index in [1.165, 1.54) is 4.88 Å². The number of carbonyl (C=O) groups is 1. The van der Waals surface area contributed by atoms with Crippen LogP contribution < -0.4 is 10.6 Å². The van der Waals surface area contributed by atoms with Crippen LogP contribution in [0.3, 0.4) is 0 Å². The fraction of sp³-hybridized carbons (Fsp3) is 0.667. The van der Waals surface area contributed by atoms with Crippen LogP contribution >= 0.6 is 11.3 Å². The van der Waals surface area contributed by atoms with E-state index in [-0.39, 0.29) is 11.8 Å². The minimum atomic E-state index is 0.0954. The molecule has 1 saturated heterocycles. The van der Waals surface area contributed by atoms with E-state index in [4.69, 9.17) is 0 Å². The molecule has 1 aliphatic rings. The highest BCUT2D eigenvalue weighted by Crippen LogP contribution is 2.23. The summed E-state index contributed by atoms with van der Waals surface area (Å²) in [5.74, 6) is 0.201. The van der Waals surface area contributed by atoms with Crippen molar-refractivity contribution in [3.05, 3.63) is 10.6 Å². The molecule has 2 heterocycles. The molecule has 0 saturated carbocycles. The number of aromatic nitrogens is 1. The Hall–Kier alpha value is -0.940. The maximum Gasteiger partial charge on any atom is 0.230 e. The van der Waals surface area contributed by atoms with E-state index < -0.39 is 0 Å². The molecule has 1 amide bonds. The summed E-state index contributed by atoms with van der Waals surface area (Å²) in [6.45, 7) is 5.95. The van der Waals surface area contributed by atoms with E-state index in [0.717, 1.165) is 43.2 Å². The van der Waals surface area contributed by atoms with Crippen molar-refractivity contribution in [1.29, 1.82) is 0 Å². The van der Waals surface area contributed by atoms with Gasteiger partial charge in [-0.2, -0.15) is 0 Å². The molecule has 0 bridgehead atoms. The molecule has 5 heteroatoms. The topological polar surface area (TPSA) is 54.0 Å². The highest BCUT2D eigenvalue weighted by atomic mass is 32.1. The molecule has 1 aliphatic heterocycles. The van der Waals surface area contributed by atoms with Crippen molar-refractivity contribution >= 4 is 22.4 Å². The van der Waals surface area contributed by atoms with Crippen LogP contribution in [0.4, 0.5) is 5.13 Å². The normalized spacial score (nSPS) is 20.2. The number of nitrogens with one attached hydrogen (secondary N) is 2. The third-order valence-corrected chi connectivity index (χ3v) is 4.05. The maximum absolute atomic E-state index is 12.0. The minimum absolute atomic E-state index is 0.0954. The van der Waals surface area contributed by atoms with Crippen LogP contribution in [-0.4, -0.2) is 24.0 Å². The Balaban J connectivity index is 1.97. The van der Waals surface area contributed by atoms with E-state index >= 15 is 0 Å². The third-order valence-electron chi connectivity index (χ3n) is 3.13. The number of carbonyl (C=O) groups excluding carboxylic acids is 1. The lowest BCUT2D eigenvalue weighted by Gasteiger charge is -2.21. The van der Waals surface area contributed by atoms with E-state index in [0.29, 0.717) is 0 Å². The molecular formula is C12H19N3OS. The van der Waals surface area contributed by atoms with Crippen LogP contribution in [0.15, 0.2) is 0 Å². The summed E-state index contributed by atoms with van der Waals surface area (Å²) < 4.78 is 0. The number of hydrogen-bond donors (Lipinski definition) is 2. The fourth-order valence-corrected chi connectivity index (χ4v) is 3.00. The van der Waals surface area contributed by atoms with Crippen molar-refractivity contribution in [3.8, 4) is 0 Å². The second-order valence-corrected chi connectivity index (χ2v) is 5.61. The minimum Gasteiger partial charge on any atom is -0.316 e. The number of anilines is 1. The molecule has 0 radical (unpaired) electrons. The van der Waals surface area contributed by atoms with E-state index in [2.05, 4.69) is 22.5 Å². The Kier molecular flexibility index (Phi) is 4.12. The smallest absolute Gasteiger partial charge is 0.230 e. The van der Waals surface area contributed by atoms with Gasteiger partial charge in [-0.25, -0.2) is 4.98 Å². The summed E-state index contributed by atoms with van der Waals surface area (Å²) in [5, 5.41) is 6.93. The van der Waals surface area contributed by atoms with Gasteiger partial charge in [0, 0.05) is 11.4 Å². The molecule has 94 valence electrons. The predicted octanol–water partition coefficient (Wildman–Crippen LogP) is 1.95. The molecule has 0 aliphatic carbocycles. The van der Waals surface area contributed by atoms with Gasteiger partial charge >= 0.3 is 0 Å². The lowest BCUT2D eigenvalue weighted by molar-refractivity contribution is -0.120. The van der Waals surface area contributed by atoms with Gasteiger partial charge in [0.1, 0.15) is 0 Å². The van der Waals surface area contributed by atoms with Gasteiger partial charge in [-0.3, -0.25) is 4.79 Å². The van der Waals surface area contributed by atoms with E-state index in [1.54, 1.807) is 11.3 Å². The van der Waals surface area contributed by atoms with E-state index in [1.807, 2.05) is 6.92 Å². The average molecular weight is 253 g/mol. The number of thiazole rings is 1. The van der Waals surface area contributed by atoms with Gasteiger partial charge in [0.2, 0.25) is 5.91 Å². The van der Waals surface area contributed by atoms with Crippen LogP contribution in [0.1, 0.15) is 30.3 Å². The van der Waals surface area contributed by atoms with Gasteiger partial charge in [-0.15, -0.1) is 11.3 Å². The molecule has 17 heavy (non-hydrogen) atoms.